The van der Waals surface area contributed by atoms with Crippen molar-refractivity contribution in [2.45, 2.75) is 180 Å². The Kier molecular flexibility index (Phi) is 42.5. The van der Waals surface area contributed by atoms with Crippen LogP contribution < -0.4 is 26.6 Å². The van der Waals surface area contributed by atoms with Crippen LogP contribution in [0.5, 0.6) is 0 Å². The van der Waals surface area contributed by atoms with E-state index in [1.807, 2.05) is 0 Å². The van der Waals surface area contributed by atoms with Crippen LogP contribution in [-0.4, -0.2) is 87.4 Å². The highest BCUT2D eigenvalue weighted by molar-refractivity contribution is 5.88. The SMILES string of the molecule is CCCCCNC(=O)NCCCC/C=C\CCCCCCC(=O)NC(CC(=O)OC)C(=O)OC.CCCCCNC(=O)NCCCC/C=C\CCCCCCC(=O)O. The molecule has 0 aliphatic carbocycles. The number of urea groups is 2. The quantitative estimate of drug-likeness (QED) is 0.0204. The first-order valence-corrected chi connectivity index (χ1v) is 22.1. The van der Waals surface area contributed by atoms with Gasteiger partial charge in [-0.3, -0.25) is 14.4 Å². The van der Waals surface area contributed by atoms with Gasteiger partial charge in [-0.05, 0) is 89.9 Å². The normalized spacial score (nSPS) is 11.3. The number of methoxy groups -OCH3 is 2. The fraction of sp³-hybridized carbons (Fsp3) is 0.773. The minimum Gasteiger partial charge on any atom is -0.481 e. The number of carbonyl (C=O) groups is 6. The molecule has 336 valence electrons. The summed E-state index contributed by atoms with van der Waals surface area (Å²) in [6, 6.07) is -1.14. The smallest absolute Gasteiger partial charge is 0.328 e. The number of allylic oxidation sites excluding steroid dienone is 4. The Hall–Kier alpha value is -4.10. The van der Waals surface area contributed by atoms with E-state index in [4.69, 9.17) is 5.11 Å². The summed E-state index contributed by atoms with van der Waals surface area (Å²) >= 11 is 0. The highest BCUT2D eigenvalue weighted by Crippen LogP contribution is 2.09. The zero-order chi connectivity index (χ0) is 43.3. The van der Waals surface area contributed by atoms with E-state index in [0.717, 1.165) is 154 Å². The first kappa shape index (κ1) is 56.0. The molecule has 0 saturated heterocycles. The second-order valence-corrected chi connectivity index (χ2v) is 14.4. The van der Waals surface area contributed by atoms with Crippen molar-refractivity contribution in [1.29, 1.82) is 0 Å². The zero-order valence-electron chi connectivity index (χ0n) is 36.6. The van der Waals surface area contributed by atoms with E-state index in [0.29, 0.717) is 19.4 Å². The van der Waals surface area contributed by atoms with Crippen LogP contribution in [0.4, 0.5) is 9.59 Å². The fourth-order valence-corrected chi connectivity index (χ4v) is 5.57. The fourth-order valence-electron chi connectivity index (χ4n) is 5.57. The van der Waals surface area contributed by atoms with Gasteiger partial charge in [0.05, 0.1) is 20.6 Å². The average molecular weight is 824 g/mol. The molecule has 14 heteroatoms. The Morgan fingerprint density at radius 2 is 0.879 bits per heavy atom. The van der Waals surface area contributed by atoms with Crippen LogP contribution in [0.2, 0.25) is 0 Å². The number of esters is 2. The van der Waals surface area contributed by atoms with Crippen molar-refractivity contribution in [3.05, 3.63) is 24.3 Å². The molecule has 0 heterocycles. The maximum absolute atomic E-state index is 12.0. The van der Waals surface area contributed by atoms with E-state index in [1.165, 1.54) is 20.6 Å². The van der Waals surface area contributed by atoms with Gasteiger partial charge < -0.3 is 41.2 Å². The summed E-state index contributed by atoms with van der Waals surface area (Å²) in [5.74, 6) is -2.22. The molecular formula is C44H81N5O9. The van der Waals surface area contributed by atoms with Gasteiger partial charge in [-0.15, -0.1) is 0 Å². The van der Waals surface area contributed by atoms with Gasteiger partial charge in [0.1, 0.15) is 6.04 Å². The minimum atomic E-state index is -1.02. The third-order valence-electron chi connectivity index (χ3n) is 9.09. The molecule has 0 aliphatic rings. The minimum absolute atomic E-state index is 0.0513. The number of amides is 5. The molecule has 0 aromatic heterocycles. The molecule has 1 unspecified atom stereocenters. The molecule has 0 aliphatic heterocycles. The van der Waals surface area contributed by atoms with Crippen molar-refractivity contribution >= 4 is 35.9 Å². The molecule has 0 rings (SSSR count). The van der Waals surface area contributed by atoms with Gasteiger partial charge in [0, 0.05) is 39.0 Å². The third kappa shape index (κ3) is 43.0. The first-order chi connectivity index (χ1) is 28.1. The maximum Gasteiger partial charge on any atom is 0.328 e. The number of ether oxygens (including phenoxy) is 2. The van der Waals surface area contributed by atoms with Gasteiger partial charge in [-0.1, -0.05) is 89.5 Å². The van der Waals surface area contributed by atoms with Crippen LogP contribution >= 0.6 is 0 Å². The number of hydrogen-bond acceptors (Lipinski definition) is 8. The second kappa shape index (κ2) is 44.0. The Morgan fingerprint density at radius 1 is 0.500 bits per heavy atom. The standard InChI is InChI=1S/C25H45N3O6.C19H36N2O3/c1-4-5-15-18-26-25(32)27-19-16-13-11-9-7-6-8-10-12-14-17-22(29)28-21(24(31)34-3)20-23(30)33-2;1-2-3-13-16-20-19(24)21-17-14-11-9-7-5-4-6-8-10-12-15-18(22)23/h7,9,21H,4-6,8,10-20H2,1-3H3,(H,28,29)(H2,26,27,32);5,7H,2-4,6,8-17H2,1H3,(H,22,23)(H2,20,21,24)/b9-7-;7-5-. The summed E-state index contributed by atoms with van der Waals surface area (Å²) < 4.78 is 9.16. The zero-order valence-corrected chi connectivity index (χ0v) is 36.6. The lowest BCUT2D eigenvalue weighted by molar-refractivity contribution is -0.150. The number of carbonyl (C=O) groups excluding carboxylic acids is 5. The molecule has 5 amide bonds. The van der Waals surface area contributed by atoms with Crippen molar-refractivity contribution in [3.8, 4) is 0 Å². The predicted octanol–water partition coefficient (Wildman–Crippen LogP) is 8.39. The topological polar surface area (TPSA) is 201 Å². The molecule has 0 bridgehead atoms. The molecule has 0 fully saturated rings. The number of rotatable bonds is 36. The Labute approximate surface area is 350 Å². The van der Waals surface area contributed by atoms with Crippen molar-refractivity contribution in [1.82, 2.24) is 26.6 Å². The van der Waals surface area contributed by atoms with Crippen LogP contribution in [0, 0.1) is 0 Å². The van der Waals surface area contributed by atoms with Gasteiger partial charge in [0.2, 0.25) is 5.91 Å². The van der Waals surface area contributed by atoms with Crippen LogP contribution in [0.15, 0.2) is 24.3 Å². The molecule has 0 aromatic rings. The summed E-state index contributed by atoms with van der Waals surface area (Å²) in [7, 11) is 2.44. The molecule has 58 heavy (non-hydrogen) atoms. The molecule has 0 spiro atoms. The van der Waals surface area contributed by atoms with Crippen LogP contribution in [-0.2, 0) is 28.7 Å². The van der Waals surface area contributed by atoms with Crippen LogP contribution in [0.1, 0.15) is 174 Å². The lowest BCUT2D eigenvalue weighted by atomic mass is 10.1. The Balaban J connectivity index is 0. The molecule has 0 aromatic carbocycles. The molecule has 14 nitrogen and oxygen atoms in total. The molecular weight excluding hydrogens is 743 g/mol. The van der Waals surface area contributed by atoms with Crippen molar-refractivity contribution in [3.63, 3.8) is 0 Å². The van der Waals surface area contributed by atoms with Crippen molar-refractivity contribution < 1.29 is 43.3 Å². The number of unbranched alkanes of at least 4 members (excludes halogenated alkanes) is 16. The predicted molar refractivity (Wildman–Crippen MR) is 231 cm³/mol. The number of carboxylic acid groups (broad SMARTS) is 1. The van der Waals surface area contributed by atoms with Crippen molar-refractivity contribution in [2.24, 2.45) is 0 Å². The van der Waals surface area contributed by atoms with Gasteiger partial charge in [0.15, 0.2) is 0 Å². The van der Waals surface area contributed by atoms with E-state index in [9.17, 15) is 28.8 Å². The second-order valence-electron chi connectivity index (χ2n) is 14.4. The number of aliphatic carboxylic acids is 1. The van der Waals surface area contributed by atoms with E-state index >= 15 is 0 Å². The maximum atomic E-state index is 12.0. The van der Waals surface area contributed by atoms with E-state index in [-0.39, 0.29) is 24.4 Å². The lowest BCUT2D eigenvalue weighted by Crippen LogP contribution is -2.43. The van der Waals surface area contributed by atoms with Crippen LogP contribution in [0.3, 0.4) is 0 Å². The summed E-state index contributed by atoms with van der Waals surface area (Å²) in [4.78, 5) is 68.5. The van der Waals surface area contributed by atoms with E-state index < -0.39 is 23.9 Å². The Bertz CT molecular complexity index is 1120. The summed E-state index contributed by atoms with van der Waals surface area (Å²) in [5, 5.41) is 22.6. The number of carboxylic acids is 1. The third-order valence-corrected chi connectivity index (χ3v) is 9.09. The first-order valence-electron chi connectivity index (χ1n) is 22.1. The van der Waals surface area contributed by atoms with Gasteiger partial charge in [-0.2, -0.15) is 0 Å². The summed E-state index contributed by atoms with van der Waals surface area (Å²) in [6.45, 7) is 7.22. The number of nitrogens with one attached hydrogen (secondary N) is 5. The summed E-state index contributed by atoms with van der Waals surface area (Å²) in [6.07, 6.45) is 31.9. The molecule has 0 radical (unpaired) electrons. The highest BCUT2D eigenvalue weighted by atomic mass is 16.5. The monoisotopic (exact) mass is 824 g/mol. The van der Waals surface area contributed by atoms with Gasteiger partial charge in [-0.25, -0.2) is 14.4 Å². The van der Waals surface area contributed by atoms with E-state index in [2.05, 4.69) is 74.2 Å². The number of hydrogen-bond donors (Lipinski definition) is 6. The summed E-state index contributed by atoms with van der Waals surface area (Å²) in [5.41, 5.74) is 0. The highest BCUT2D eigenvalue weighted by Gasteiger charge is 2.24. The Morgan fingerprint density at radius 3 is 1.26 bits per heavy atom. The largest absolute Gasteiger partial charge is 0.481 e. The van der Waals surface area contributed by atoms with E-state index in [1.54, 1.807) is 0 Å². The van der Waals surface area contributed by atoms with Crippen LogP contribution in [0.25, 0.3) is 0 Å². The average Bonchev–Trinajstić information content (AvgIpc) is 3.21. The molecule has 0 saturated carbocycles. The van der Waals surface area contributed by atoms with Gasteiger partial charge >= 0.3 is 30.0 Å². The molecule has 1 atom stereocenters. The van der Waals surface area contributed by atoms with Crippen molar-refractivity contribution in [2.75, 3.05) is 40.4 Å². The van der Waals surface area contributed by atoms with Gasteiger partial charge in [0.25, 0.3) is 0 Å². The molecule has 6 N–H and O–H groups in total. The lowest BCUT2D eigenvalue weighted by Gasteiger charge is -2.15.